The number of hydrogen-bond acceptors (Lipinski definition) is 3. The Morgan fingerprint density at radius 2 is 2.42 bits per heavy atom. The van der Waals surface area contributed by atoms with Crippen molar-refractivity contribution in [3.8, 4) is 0 Å². The zero-order chi connectivity index (χ0) is 9.14. The zero-order valence-corrected chi connectivity index (χ0v) is 7.74. The predicted molar refractivity (Wildman–Crippen MR) is 46.5 cm³/mol. The molecule has 0 radical (unpaired) electrons. The lowest BCUT2D eigenvalue weighted by atomic mass is 10.0. The van der Waals surface area contributed by atoms with Crippen molar-refractivity contribution in [3.05, 3.63) is 17.5 Å². The lowest BCUT2D eigenvalue weighted by Crippen LogP contribution is -2.09. The molecule has 1 heterocycles. The topological polar surface area (TPSA) is 53.1 Å². The maximum Gasteiger partial charge on any atom is 0.0746 e. The number of hydrogen-bond donors (Lipinski definition) is 1. The fourth-order valence-corrected chi connectivity index (χ4v) is 1.23. The van der Waals surface area contributed by atoms with Crippen molar-refractivity contribution in [1.82, 2.24) is 9.78 Å². The maximum atomic E-state index is 5.00. The van der Waals surface area contributed by atoms with Crippen LogP contribution in [0.4, 0.5) is 0 Å². The summed E-state index contributed by atoms with van der Waals surface area (Å²) in [6.45, 7) is 4.64. The van der Waals surface area contributed by atoms with E-state index in [2.05, 4.69) is 16.9 Å². The van der Waals surface area contributed by atoms with Gasteiger partial charge in [0.1, 0.15) is 0 Å². The molecule has 0 fully saturated rings. The Labute approximate surface area is 72.3 Å². The van der Waals surface area contributed by atoms with E-state index in [9.17, 15) is 0 Å². The number of nitrogens with zero attached hydrogens (tertiary/aromatic N) is 2. The molecule has 0 bridgehead atoms. The molecular weight excluding hydrogens is 154 g/mol. The van der Waals surface area contributed by atoms with E-state index in [1.165, 1.54) is 11.3 Å². The minimum absolute atomic E-state index is 0.309. The Morgan fingerprint density at radius 3 is 2.83 bits per heavy atom. The summed E-state index contributed by atoms with van der Waals surface area (Å²) in [7, 11) is 1.93. The average molecular weight is 169 g/mol. The molecule has 0 saturated heterocycles. The minimum atomic E-state index is 0.309. The van der Waals surface area contributed by atoms with Gasteiger partial charge < -0.3 is 4.84 Å². The van der Waals surface area contributed by atoms with E-state index < -0.39 is 0 Å². The maximum absolute atomic E-state index is 5.00. The molecule has 2 N–H and O–H groups in total. The van der Waals surface area contributed by atoms with Crippen molar-refractivity contribution in [2.75, 3.05) is 6.61 Å². The molecule has 1 aromatic heterocycles. The van der Waals surface area contributed by atoms with Gasteiger partial charge in [0.2, 0.25) is 0 Å². The van der Waals surface area contributed by atoms with E-state index in [0.29, 0.717) is 12.5 Å². The average Bonchev–Trinajstić information content (AvgIpc) is 2.34. The minimum Gasteiger partial charge on any atom is -0.304 e. The van der Waals surface area contributed by atoms with Crippen LogP contribution in [0.1, 0.15) is 24.1 Å². The van der Waals surface area contributed by atoms with Crippen LogP contribution in [0.3, 0.4) is 0 Å². The van der Waals surface area contributed by atoms with Crippen molar-refractivity contribution < 1.29 is 4.84 Å². The molecule has 12 heavy (non-hydrogen) atoms. The SMILES string of the molecule is Cc1c(C(C)CON)cnn1C. The van der Waals surface area contributed by atoms with Crippen LogP contribution in [0, 0.1) is 6.92 Å². The molecule has 0 aromatic carbocycles. The molecule has 1 aromatic rings. The lowest BCUT2D eigenvalue weighted by Gasteiger charge is -2.08. The van der Waals surface area contributed by atoms with Gasteiger partial charge in [0.05, 0.1) is 12.8 Å². The van der Waals surface area contributed by atoms with Gasteiger partial charge in [-0.1, -0.05) is 6.92 Å². The molecule has 1 atom stereocenters. The van der Waals surface area contributed by atoms with Crippen LogP contribution < -0.4 is 5.90 Å². The highest BCUT2D eigenvalue weighted by Gasteiger charge is 2.11. The van der Waals surface area contributed by atoms with Crippen molar-refractivity contribution >= 4 is 0 Å². The first-order valence-electron chi connectivity index (χ1n) is 3.97. The molecular formula is C8H15N3O. The van der Waals surface area contributed by atoms with Gasteiger partial charge in [-0.15, -0.1) is 0 Å². The Hall–Kier alpha value is -0.870. The van der Waals surface area contributed by atoms with Gasteiger partial charge in [0, 0.05) is 18.7 Å². The van der Waals surface area contributed by atoms with E-state index in [4.69, 9.17) is 5.90 Å². The zero-order valence-electron chi connectivity index (χ0n) is 7.74. The smallest absolute Gasteiger partial charge is 0.0746 e. The van der Waals surface area contributed by atoms with E-state index in [1.807, 2.05) is 24.9 Å². The van der Waals surface area contributed by atoms with Crippen LogP contribution in [0.15, 0.2) is 6.20 Å². The first-order valence-corrected chi connectivity index (χ1v) is 3.97. The Balaban J connectivity index is 2.80. The van der Waals surface area contributed by atoms with Gasteiger partial charge in [-0.05, 0) is 12.5 Å². The molecule has 68 valence electrons. The third-order valence-electron chi connectivity index (χ3n) is 2.15. The molecule has 0 amide bonds. The monoisotopic (exact) mass is 169 g/mol. The second-order valence-electron chi connectivity index (χ2n) is 3.04. The van der Waals surface area contributed by atoms with Crippen LogP contribution in [-0.4, -0.2) is 16.4 Å². The van der Waals surface area contributed by atoms with E-state index in [-0.39, 0.29) is 0 Å². The summed E-state index contributed by atoms with van der Waals surface area (Å²) >= 11 is 0. The molecule has 0 aliphatic heterocycles. The fraction of sp³-hybridized carbons (Fsp3) is 0.625. The van der Waals surface area contributed by atoms with Gasteiger partial charge in [-0.25, -0.2) is 5.90 Å². The van der Waals surface area contributed by atoms with Crippen LogP contribution in [0.2, 0.25) is 0 Å². The summed E-state index contributed by atoms with van der Waals surface area (Å²) in [5.74, 6) is 5.31. The second-order valence-corrected chi connectivity index (χ2v) is 3.04. The number of aromatic nitrogens is 2. The normalized spacial score (nSPS) is 13.3. The Morgan fingerprint density at radius 1 is 1.75 bits per heavy atom. The summed E-state index contributed by atoms with van der Waals surface area (Å²) < 4.78 is 1.85. The van der Waals surface area contributed by atoms with E-state index in [0.717, 1.165) is 0 Å². The lowest BCUT2D eigenvalue weighted by molar-refractivity contribution is 0.126. The third-order valence-corrected chi connectivity index (χ3v) is 2.15. The summed E-state index contributed by atoms with van der Waals surface area (Å²) in [5.41, 5.74) is 2.36. The molecule has 4 nitrogen and oxygen atoms in total. The van der Waals surface area contributed by atoms with Crippen molar-refractivity contribution in [2.24, 2.45) is 12.9 Å². The predicted octanol–water partition coefficient (Wildman–Crippen LogP) is 0.722. The molecule has 1 unspecified atom stereocenters. The van der Waals surface area contributed by atoms with Crippen LogP contribution >= 0.6 is 0 Å². The van der Waals surface area contributed by atoms with Crippen LogP contribution in [0.25, 0.3) is 0 Å². The Kier molecular flexibility index (Phi) is 2.83. The Bertz CT molecular complexity index is 257. The highest BCUT2D eigenvalue weighted by Crippen LogP contribution is 2.17. The fourth-order valence-electron chi connectivity index (χ4n) is 1.23. The number of aryl methyl sites for hydroxylation is 1. The molecule has 1 rings (SSSR count). The van der Waals surface area contributed by atoms with Gasteiger partial charge in [-0.2, -0.15) is 5.10 Å². The van der Waals surface area contributed by atoms with Gasteiger partial charge in [0.25, 0.3) is 0 Å². The number of nitrogens with two attached hydrogens (primary N) is 1. The standard InChI is InChI=1S/C8H15N3O/c1-6(5-12-9)8-4-10-11(3)7(8)2/h4,6H,5,9H2,1-3H3. The quantitative estimate of drug-likeness (QED) is 0.678. The van der Waals surface area contributed by atoms with E-state index >= 15 is 0 Å². The summed E-state index contributed by atoms with van der Waals surface area (Å²) in [4.78, 5) is 4.59. The van der Waals surface area contributed by atoms with Crippen molar-refractivity contribution in [1.29, 1.82) is 0 Å². The van der Waals surface area contributed by atoms with Gasteiger partial charge >= 0.3 is 0 Å². The van der Waals surface area contributed by atoms with Gasteiger partial charge in [-0.3, -0.25) is 4.68 Å². The molecule has 0 saturated carbocycles. The molecule has 0 spiro atoms. The summed E-state index contributed by atoms with van der Waals surface area (Å²) in [6.07, 6.45) is 1.86. The van der Waals surface area contributed by atoms with Gasteiger partial charge in [0.15, 0.2) is 0 Å². The highest BCUT2D eigenvalue weighted by atomic mass is 16.6. The number of rotatable bonds is 3. The van der Waals surface area contributed by atoms with Crippen molar-refractivity contribution in [3.63, 3.8) is 0 Å². The van der Waals surface area contributed by atoms with E-state index in [1.54, 1.807) is 0 Å². The highest BCUT2D eigenvalue weighted by molar-refractivity contribution is 5.20. The summed E-state index contributed by atoms with van der Waals surface area (Å²) in [6, 6.07) is 0. The molecule has 0 aliphatic carbocycles. The molecule has 4 heteroatoms. The first-order chi connectivity index (χ1) is 5.66. The van der Waals surface area contributed by atoms with Crippen molar-refractivity contribution in [2.45, 2.75) is 19.8 Å². The van der Waals surface area contributed by atoms with Crippen LogP contribution in [0.5, 0.6) is 0 Å². The molecule has 0 aliphatic rings. The third kappa shape index (κ3) is 1.65. The first kappa shape index (κ1) is 9.22. The second kappa shape index (κ2) is 3.69. The summed E-state index contributed by atoms with van der Waals surface area (Å²) in [5, 5.41) is 4.14. The largest absolute Gasteiger partial charge is 0.304 e. The van der Waals surface area contributed by atoms with Crippen LogP contribution in [-0.2, 0) is 11.9 Å².